The van der Waals surface area contributed by atoms with Crippen molar-refractivity contribution < 1.29 is 73.8 Å². The highest BCUT2D eigenvalue weighted by atomic mass is 16.7. The maximum Gasteiger partial charge on any atom is 0.306 e. The van der Waals surface area contributed by atoms with Crippen LogP contribution in [0.15, 0.2) is 48.6 Å². The molecule has 2 fully saturated rings. The Hall–Kier alpha value is -2.54. The Labute approximate surface area is 331 Å². The molecule has 15 nitrogen and oxygen atoms in total. The summed E-state index contributed by atoms with van der Waals surface area (Å²) in [4.78, 5) is 24.8. The lowest BCUT2D eigenvalue weighted by Gasteiger charge is -2.42. The highest BCUT2D eigenvalue weighted by molar-refractivity contribution is 5.70. The quantitative estimate of drug-likeness (QED) is 0.0343. The van der Waals surface area contributed by atoms with E-state index in [1.807, 2.05) is 6.92 Å². The highest BCUT2D eigenvalue weighted by Crippen LogP contribution is 2.26. The van der Waals surface area contributed by atoms with Gasteiger partial charge in [-0.1, -0.05) is 88.1 Å². The van der Waals surface area contributed by atoms with Crippen LogP contribution < -0.4 is 0 Å². The van der Waals surface area contributed by atoms with Crippen molar-refractivity contribution in [3.8, 4) is 0 Å². The molecule has 2 aliphatic rings. The van der Waals surface area contributed by atoms with Gasteiger partial charge >= 0.3 is 11.9 Å². The Morgan fingerprint density at radius 1 is 0.589 bits per heavy atom. The van der Waals surface area contributed by atoms with Gasteiger partial charge in [-0.05, 0) is 51.4 Å². The van der Waals surface area contributed by atoms with Crippen LogP contribution in [0, 0.1) is 0 Å². The maximum absolute atomic E-state index is 12.7. The van der Waals surface area contributed by atoms with E-state index in [1.165, 1.54) is 0 Å². The van der Waals surface area contributed by atoms with E-state index in [9.17, 15) is 45.3 Å². The molecule has 2 saturated heterocycles. The summed E-state index contributed by atoms with van der Waals surface area (Å²) < 4.78 is 32.8. The Kier molecular flexibility index (Phi) is 26.3. The number of carbonyl (C=O) groups excluding carboxylic acids is 2. The lowest BCUT2D eigenvalue weighted by atomic mass is 9.98. The van der Waals surface area contributed by atoms with E-state index in [4.69, 9.17) is 28.4 Å². The van der Waals surface area contributed by atoms with Gasteiger partial charge in [0.2, 0.25) is 0 Å². The second kappa shape index (κ2) is 29.6. The Bertz CT molecular complexity index is 1170. The minimum absolute atomic E-state index is 0.145. The lowest BCUT2D eigenvalue weighted by Crippen LogP contribution is -2.61. The van der Waals surface area contributed by atoms with Gasteiger partial charge in [-0.15, -0.1) is 0 Å². The molecule has 0 saturated carbocycles. The van der Waals surface area contributed by atoms with E-state index in [-0.39, 0.29) is 19.4 Å². The molecule has 0 aliphatic carbocycles. The molecular formula is C41H68O15. The minimum atomic E-state index is -1.76. The van der Waals surface area contributed by atoms with Gasteiger partial charge in [-0.3, -0.25) is 9.59 Å². The van der Waals surface area contributed by atoms with Crippen molar-refractivity contribution in [1.29, 1.82) is 0 Å². The third-order valence-electron chi connectivity index (χ3n) is 9.29. The maximum atomic E-state index is 12.7. The van der Waals surface area contributed by atoms with Crippen molar-refractivity contribution in [2.45, 2.75) is 171 Å². The fourth-order valence-electron chi connectivity index (χ4n) is 5.95. The first-order valence-corrected chi connectivity index (χ1v) is 20.2. The molecule has 2 rings (SSSR count). The summed E-state index contributed by atoms with van der Waals surface area (Å²) in [6.07, 6.45) is 12.1. The average Bonchev–Trinajstić information content (AvgIpc) is 3.18. The number of hydrogen-bond donors (Lipinski definition) is 7. The summed E-state index contributed by atoms with van der Waals surface area (Å²) >= 11 is 0. The van der Waals surface area contributed by atoms with Gasteiger partial charge in [0, 0.05) is 12.8 Å². The van der Waals surface area contributed by atoms with Crippen LogP contribution in [0.1, 0.15) is 104 Å². The number of carbonyl (C=O) groups is 2. The van der Waals surface area contributed by atoms with Crippen molar-refractivity contribution in [2.24, 2.45) is 0 Å². The third-order valence-corrected chi connectivity index (χ3v) is 9.29. The molecule has 322 valence electrons. The highest BCUT2D eigenvalue weighted by Gasteiger charge is 2.47. The van der Waals surface area contributed by atoms with Crippen LogP contribution in [0.2, 0.25) is 0 Å². The van der Waals surface area contributed by atoms with E-state index in [0.29, 0.717) is 12.8 Å². The summed E-state index contributed by atoms with van der Waals surface area (Å²) in [5.74, 6) is -1.01. The zero-order valence-corrected chi connectivity index (χ0v) is 33.1. The predicted molar refractivity (Wildman–Crippen MR) is 206 cm³/mol. The molecule has 0 aromatic heterocycles. The van der Waals surface area contributed by atoms with E-state index < -0.39 is 99.3 Å². The summed E-state index contributed by atoms with van der Waals surface area (Å²) in [6, 6.07) is 0. The van der Waals surface area contributed by atoms with Gasteiger partial charge in [0.1, 0.15) is 55.4 Å². The van der Waals surface area contributed by atoms with Crippen molar-refractivity contribution in [1.82, 2.24) is 0 Å². The SMILES string of the molecule is CC/C=C\C/C=C\C/C=C\C/C=C\CCCCCCCCC(=O)OC(COC(=O)CCC)COC1OC(COC2OC(CO)C(O)C(O)C2O)C(O)C(O)C1O. The van der Waals surface area contributed by atoms with Crippen LogP contribution >= 0.6 is 0 Å². The average molecular weight is 801 g/mol. The molecule has 2 heterocycles. The second-order valence-electron chi connectivity index (χ2n) is 14.1. The monoisotopic (exact) mass is 800 g/mol. The number of allylic oxidation sites excluding steroid dienone is 8. The molecule has 0 aromatic carbocycles. The lowest BCUT2D eigenvalue weighted by molar-refractivity contribution is -0.332. The van der Waals surface area contributed by atoms with Gasteiger partial charge in [0.05, 0.1) is 19.8 Å². The second-order valence-corrected chi connectivity index (χ2v) is 14.1. The zero-order chi connectivity index (χ0) is 41.1. The van der Waals surface area contributed by atoms with Gasteiger partial charge in [0.15, 0.2) is 18.7 Å². The molecule has 15 heteroatoms. The molecule has 11 atom stereocenters. The standard InChI is InChI=1S/C41H68O15/c1-3-5-6-7-8-9-10-11-12-13-14-15-16-17-18-19-20-21-22-24-33(44)54-29(26-51-32(43)23-4-2)27-52-40-39(50)37(48)35(46)31(56-40)28-53-41-38(49)36(47)34(45)30(25-42)55-41/h5-6,8-9,11-12,14-15,29-31,34-42,45-50H,3-4,7,10,13,16-28H2,1-2H3/b6-5-,9-8-,12-11-,15-14-. The normalized spacial score (nSPS) is 29.2. The summed E-state index contributed by atoms with van der Waals surface area (Å²) in [6.45, 7) is 2.02. The van der Waals surface area contributed by atoms with Crippen LogP contribution in [0.4, 0.5) is 0 Å². The Morgan fingerprint density at radius 2 is 1.12 bits per heavy atom. The van der Waals surface area contributed by atoms with Gasteiger partial charge in [0.25, 0.3) is 0 Å². The van der Waals surface area contributed by atoms with Crippen LogP contribution in [0.3, 0.4) is 0 Å². The largest absolute Gasteiger partial charge is 0.462 e. The summed E-state index contributed by atoms with van der Waals surface area (Å²) in [7, 11) is 0. The Morgan fingerprint density at radius 3 is 1.73 bits per heavy atom. The van der Waals surface area contributed by atoms with Crippen LogP contribution in [-0.2, 0) is 38.0 Å². The van der Waals surface area contributed by atoms with Gasteiger partial charge < -0.3 is 64.2 Å². The smallest absolute Gasteiger partial charge is 0.306 e. The van der Waals surface area contributed by atoms with Gasteiger partial charge in [-0.25, -0.2) is 0 Å². The molecule has 11 unspecified atom stereocenters. The van der Waals surface area contributed by atoms with E-state index >= 15 is 0 Å². The Balaban J connectivity index is 1.74. The molecule has 0 radical (unpaired) electrons. The number of rotatable bonds is 28. The first kappa shape index (κ1) is 49.6. The predicted octanol–water partition coefficient (Wildman–Crippen LogP) is 2.81. The third kappa shape index (κ3) is 19.3. The first-order valence-electron chi connectivity index (χ1n) is 20.2. The van der Waals surface area contributed by atoms with Crippen molar-refractivity contribution in [3.05, 3.63) is 48.6 Å². The topological polar surface area (TPSA) is 231 Å². The summed E-state index contributed by atoms with van der Waals surface area (Å²) in [5.41, 5.74) is 0. The van der Waals surface area contributed by atoms with Crippen molar-refractivity contribution in [2.75, 3.05) is 26.4 Å². The molecule has 0 amide bonds. The molecule has 0 aromatic rings. The number of unbranched alkanes of at least 4 members (excludes halogenated alkanes) is 6. The minimum Gasteiger partial charge on any atom is -0.462 e. The van der Waals surface area contributed by atoms with Crippen LogP contribution in [0.25, 0.3) is 0 Å². The fourth-order valence-corrected chi connectivity index (χ4v) is 5.95. The zero-order valence-electron chi connectivity index (χ0n) is 33.1. The molecule has 7 N–H and O–H groups in total. The molecule has 2 aliphatic heterocycles. The summed E-state index contributed by atoms with van der Waals surface area (Å²) in [5, 5.41) is 71.2. The van der Waals surface area contributed by atoms with Crippen LogP contribution in [-0.4, -0.2) is 142 Å². The molecule has 56 heavy (non-hydrogen) atoms. The molecule has 0 spiro atoms. The number of aliphatic hydroxyl groups is 7. The molecular weight excluding hydrogens is 732 g/mol. The van der Waals surface area contributed by atoms with Crippen molar-refractivity contribution >= 4 is 11.9 Å². The first-order chi connectivity index (χ1) is 27.0. The number of ether oxygens (including phenoxy) is 6. The number of aliphatic hydroxyl groups excluding tert-OH is 7. The fraction of sp³-hybridized carbons (Fsp3) is 0.756. The number of hydrogen-bond acceptors (Lipinski definition) is 15. The van der Waals surface area contributed by atoms with Crippen molar-refractivity contribution in [3.63, 3.8) is 0 Å². The van der Waals surface area contributed by atoms with Gasteiger partial charge in [-0.2, -0.15) is 0 Å². The van der Waals surface area contributed by atoms with E-state index in [1.54, 1.807) is 0 Å². The van der Waals surface area contributed by atoms with Crippen LogP contribution in [0.5, 0.6) is 0 Å². The number of esters is 2. The molecule has 0 bridgehead atoms. The van der Waals surface area contributed by atoms with E-state index in [0.717, 1.165) is 64.2 Å². The van der Waals surface area contributed by atoms with E-state index in [2.05, 4.69) is 55.5 Å².